The van der Waals surface area contributed by atoms with Gasteiger partial charge >= 0.3 is 0 Å². The predicted molar refractivity (Wildman–Crippen MR) is 80.6 cm³/mol. The second kappa shape index (κ2) is 5.94. The molecule has 22 heavy (non-hydrogen) atoms. The Kier molecular flexibility index (Phi) is 3.84. The number of nitrogens with one attached hydrogen (secondary N) is 2. The molecule has 0 aromatic carbocycles. The first-order chi connectivity index (χ1) is 10.6. The van der Waals surface area contributed by atoms with Crippen LogP contribution in [-0.2, 0) is 6.54 Å². The highest BCUT2D eigenvalue weighted by Crippen LogP contribution is 2.21. The molecule has 2 N–H and O–H groups in total. The first-order valence-electron chi connectivity index (χ1n) is 6.48. The second-order valence-corrected chi connectivity index (χ2v) is 5.50. The van der Waals surface area contributed by atoms with Crippen molar-refractivity contribution >= 4 is 17.2 Å². The van der Waals surface area contributed by atoms with Gasteiger partial charge in [-0.15, -0.1) is 11.3 Å². The number of H-pyrrole nitrogens is 1. The lowest BCUT2D eigenvalue weighted by molar-refractivity contribution is 0.0944. The zero-order valence-corrected chi connectivity index (χ0v) is 12.4. The molecule has 3 heterocycles. The summed E-state index contributed by atoms with van der Waals surface area (Å²) in [5, 5.41) is 8.34. The Labute approximate surface area is 129 Å². The number of amides is 1. The Morgan fingerprint density at radius 1 is 1.41 bits per heavy atom. The van der Waals surface area contributed by atoms with E-state index in [1.807, 2.05) is 17.5 Å². The van der Waals surface area contributed by atoms with Crippen molar-refractivity contribution in [3.05, 3.63) is 57.1 Å². The van der Waals surface area contributed by atoms with Gasteiger partial charge in [-0.1, -0.05) is 11.2 Å². The molecule has 0 aliphatic rings. The first kappa shape index (κ1) is 14.2. The largest absolute Gasteiger partial charge is 0.343 e. The van der Waals surface area contributed by atoms with Gasteiger partial charge in [0.2, 0.25) is 11.7 Å². The van der Waals surface area contributed by atoms with Crippen molar-refractivity contribution in [1.82, 2.24) is 20.4 Å². The molecule has 3 rings (SSSR count). The summed E-state index contributed by atoms with van der Waals surface area (Å²) in [6, 6.07) is 6.91. The van der Waals surface area contributed by atoms with Crippen LogP contribution in [0.5, 0.6) is 0 Å². The second-order valence-electron chi connectivity index (χ2n) is 4.56. The molecule has 0 aliphatic carbocycles. The highest BCUT2D eigenvalue weighted by atomic mass is 32.1. The standard InChI is InChI=1S/C14H12N4O3S/c1-8-4-5-9(14(20)16-8)13(19)15-7-11-17-12(18-21-11)10-3-2-6-22-10/h2-6H,7H2,1H3,(H,15,19)(H,16,20). The summed E-state index contributed by atoms with van der Waals surface area (Å²) in [6.45, 7) is 1.80. The molecule has 0 bridgehead atoms. The number of aromatic amines is 1. The van der Waals surface area contributed by atoms with E-state index >= 15 is 0 Å². The maximum absolute atomic E-state index is 12.0. The molecule has 0 unspecified atom stereocenters. The number of rotatable bonds is 4. The van der Waals surface area contributed by atoms with Crippen molar-refractivity contribution in [2.75, 3.05) is 0 Å². The fraction of sp³-hybridized carbons (Fsp3) is 0.143. The molecule has 0 atom stereocenters. The third kappa shape index (κ3) is 2.96. The van der Waals surface area contributed by atoms with E-state index in [1.54, 1.807) is 13.0 Å². The Morgan fingerprint density at radius 3 is 3.00 bits per heavy atom. The Morgan fingerprint density at radius 2 is 2.27 bits per heavy atom. The normalized spacial score (nSPS) is 10.6. The molecule has 0 fully saturated rings. The minimum atomic E-state index is -0.489. The summed E-state index contributed by atoms with van der Waals surface area (Å²) in [5.74, 6) is 0.268. The molecule has 0 aliphatic heterocycles. The topological polar surface area (TPSA) is 101 Å². The summed E-state index contributed by atoms with van der Waals surface area (Å²) in [5.41, 5.74) is 0.310. The van der Waals surface area contributed by atoms with Crippen LogP contribution in [0.25, 0.3) is 10.7 Å². The van der Waals surface area contributed by atoms with Crippen LogP contribution >= 0.6 is 11.3 Å². The molecule has 3 aromatic rings. The lowest BCUT2D eigenvalue weighted by Crippen LogP contribution is -2.29. The summed E-state index contributed by atoms with van der Waals surface area (Å²) >= 11 is 1.50. The van der Waals surface area contributed by atoms with Gasteiger partial charge in [0.25, 0.3) is 11.5 Å². The molecular weight excluding hydrogens is 304 g/mol. The van der Waals surface area contributed by atoms with E-state index in [-0.39, 0.29) is 18.0 Å². The van der Waals surface area contributed by atoms with Crippen molar-refractivity contribution in [2.24, 2.45) is 0 Å². The van der Waals surface area contributed by atoms with Gasteiger partial charge in [-0.25, -0.2) is 0 Å². The van der Waals surface area contributed by atoms with Crippen molar-refractivity contribution in [1.29, 1.82) is 0 Å². The molecule has 0 saturated heterocycles. The van der Waals surface area contributed by atoms with E-state index in [1.165, 1.54) is 17.4 Å². The highest BCUT2D eigenvalue weighted by Gasteiger charge is 2.13. The van der Waals surface area contributed by atoms with Gasteiger partial charge in [0.1, 0.15) is 5.56 Å². The van der Waals surface area contributed by atoms with Crippen molar-refractivity contribution in [3.63, 3.8) is 0 Å². The van der Waals surface area contributed by atoms with Crippen molar-refractivity contribution in [3.8, 4) is 10.7 Å². The first-order valence-corrected chi connectivity index (χ1v) is 7.36. The van der Waals surface area contributed by atoms with Crippen LogP contribution in [0.3, 0.4) is 0 Å². The minimum Gasteiger partial charge on any atom is -0.343 e. The molecule has 0 spiro atoms. The van der Waals surface area contributed by atoms with Crippen LogP contribution < -0.4 is 10.9 Å². The summed E-state index contributed by atoms with van der Waals surface area (Å²) in [6.07, 6.45) is 0. The number of hydrogen-bond donors (Lipinski definition) is 2. The van der Waals surface area contributed by atoms with Crippen LogP contribution in [0, 0.1) is 6.92 Å². The smallest absolute Gasteiger partial charge is 0.260 e. The van der Waals surface area contributed by atoms with Crippen LogP contribution in [-0.4, -0.2) is 21.0 Å². The van der Waals surface area contributed by atoms with Gasteiger partial charge in [-0.3, -0.25) is 9.59 Å². The molecular formula is C14H12N4O3S. The lowest BCUT2D eigenvalue weighted by Gasteiger charge is -2.01. The molecule has 112 valence electrons. The van der Waals surface area contributed by atoms with E-state index in [0.717, 1.165) is 4.88 Å². The van der Waals surface area contributed by atoms with Crippen molar-refractivity contribution in [2.45, 2.75) is 13.5 Å². The van der Waals surface area contributed by atoms with Gasteiger partial charge in [0.15, 0.2) is 0 Å². The van der Waals surface area contributed by atoms with E-state index in [4.69, 9.17) is 4.52 Å². The summed E-state index contributed by atoms with van der Waals surface area (Å²) in [4.78, 5) is 31.3. The van der Waals surface area contributed by atoms with Crippen LogP contribution in [0.2, 0.25) is 0 Å². The third-order valence-corrected chi connectivity index (χ3v) is 3.78. The zero-order chi connectivity index (χ0) is 15.5. The number of hydrogen-bond acceptors (Lipinski definition) is 6. The average Bonchev–Trinajstić information content (AvgIpc) is 3.16. The van der Waals surface area contributed by atoms with Crippen LogP contribution in [0.15, 0.2) is 39.0 Å². The lowest BCUT2D eigenvalue weighted by atomic mass is 10.2. The molecule has 3 aromatic heterocycles. The Balaban J connectivity index is 1.67. The number of carbonyl (C=O) groups excluding carboxylic acids is 1. The average molecular weight is 316 g/mol. The number of pyridine rings is 1. The molecule has 1 amide bonds. The molecule has 0 radical (unpaired) electrons. The molecule has 7 nitrogen and oxygen atoms in total. The van der Waals surface area contributed by atoms with Crippen LogP contribution in [0.1, 0.15) is 21.9 Å². The zero-order valence-electron chi connectivity index (χ0n) is 11.6. The summed E-state index contributed by atoms with van der Waals surface area (Å²) in [7, 11) is 0. The van der Waals surface area contributed by atoms with Gasteiger partial charge in [-0.2, -0.15) is 4.98 Å². The number of thiophene rings is 1. The molecule has 0 saturated carbocycles. The van der Waals surface area contributed by atoms with E-state index in [9.17, 15) is 9.59 Å². The quantitative estimate of drug-likeness (QED) is 0.763. The SMILES string of the molecule is Cc1ccc(C(=O)NCc2nc(-c3cccs3)no2)c(=O)[nH]1. The third-order valence-electron chi connectivity index (χ3n) is 2.91. The highest BCUT2D eigenvalue weighted by molar-refractivity contribution is 7.13. The monoisotopic (exact) mass is 316 g/mol. The van der Waals surface area contributed by atoms with Gasteiger partial charge < -0.3 is 14.8 Å². The van der Waals surface area contributed by atoms with E-state index in [0.29, 0.717) is 11.5 Å². The number of aromatic nitrogens is 3. The van der Waals surface area contributed by atoms with Crippen LogP contribution in [0.4, 0.5) is 0 Å². The fourth-order valence-electron chi connectivity index (χ4n) is 1.83. The van der Waals surface area contributed by atoms with Gasteiger partial charge in [-0.05, 0) is 30.5 Å². The molecule has 8 heteroatoms. The summed E-state index contributed by atoms with van der Waals surface area (Å²) < 4.78 is 5.07. The van der Waals surface area contributed by atoms with Crippen molar-refractivity contribution < 1.29 is 9.32 Å². The maximum Gasteiger partial charge on any atom is 0.260 e. The minimum absolute atomic E-state index is 0.0450. The van der Waals surface area contributed by atoms with Gasteiger partial charge in [0, 0.05) is 5.69 Å². The maximum atomic E-state index is 12.0. The Bertz CT molecular complexity index is 851. The number of carbonyl (C=O) groups is 1. The Hall–Kier alpha value is -2.74. The van der Waals surface area contributed by atoms with E-state index < -0.39 is 11.5 Å². The van der Waals surface area contributed by atoms with Gasteiger partial charge in [0.05, 0.1) is 11.4 Å². The fourth-order valence-corrected chi connectivity index (χ4v) is 2.48. The predicted octanol–water partition coefficient (Wildman–Crippen LogP) is 1.72. The number of nitrogens with zero attached hydrogens (tertiary/aromatic N) is 2. The van der Waals surface area contributed by atoms with E-state index in [2.05, 4.69) is 20.4 Å². The number of aryl methyl sites for hydroxylation is 1.